The SMILES string of the molecule is CC[C@@H](c1nnnn1C1CCCCC1)N(Cc1ccccc1OC)Cc1cc2cc3c(cc2[nH]c1=O)OCCO3. The molecule has 0 unspecified atom stereocenters. The Balaban J connectivity index is 1.39. The lowest BCUT2D eigenvalue weighted by Crippen LogP contribution is -2.33. The summed E-state index contributed by atoms with van der Waals surface area (Å²) in [6.07, 6.45) is 6.60. The van der Waals surface area contributed by atoms with Crippen molar-refractivity contribution >= 4 is 10.9 Å². The van der Waals surface area contributed by atoms with Crippen molar-refractivity contribution in [1.82, 2.24) is 30.1 Å². The fourth-order valence-corrected chi connectivity index (χ4v) is 6.06. The summed E-state index contributed by atoms with van der Waals surface area (Å²) < 4.78 is 19.2. The van der Waals surface area contributed by atoms with Crippen LogP contribution in [0, 0.1) is 0 Å². The first kappa shape index (κ1) is 26.3. The number of para-hydroxylation sites is 1. The van der Waals surface area contributed by atoms with Crippen LogP contribution in [0.5, 0.6) is 17.2 Å². The summed E-state index contributed by atoms with van der Waals surface area (Å²) in [7, 11) is 1.69. The summed E-state index contributed by atoms with van der Waals surface area (Å²) in [6, 6.07) is 14.0. The zero-order valence-corrected chi connectivity index (χ0v) is 23.1. The third-order valence-electron chi connectivity index (χ3n) is 8.09. The Morgan fingerprint density at radius 1 is 1.05 bits per heavy atom. The Bertz CT molecular complexity index is 1530. The Morgan fingerprint density at radius 2 is 1.80 bits per heavy atom. The molecule has 10 heteroatoms. The highest BCUT2D eigenvalue weighted by molar-refractivity contribution is 5.83. The molecule has 3 heterocycles. The Kier molecular flexibility index (Phi) is 7.68. The average molecular weight is 545 g/mol. The van der Waals surface area contributed by atoms with Crippen molar-refractivity contribution in [3.05, 3.63) is 69.8 Å². The van der Waals surface area contributed by atoms with Gasteiger partial charge in [0.25, 0.3) is 5.56 Å². The first-order chi connectivity index (χ1) is 19.6. The molecule has 0 spiro atoms. The van der Waals surface area contributed by atoms with E-state index >= 15 is 0 Å². The lowest BCUT2D eigenvalue weighted by Gasteiger charge is -2.32. The number of fused-ring (bicyclic) bond motifs is 2. The van der Waals surface area contributed by atoms with Crippen LogP contribution in [-0.4, -0.2) is 50.4 Å². The molecule has 1 aliphatic heterocycles. The van der Waals surface area contributed by atoms with E-state index in [4.69, 9.17) is 14.2 Å². The standard InChI is InChI=1S/C30H36N6O4/c1-3-25(29-32-33-34-36(29)23-10-5-4-6-11-23)35(18-20-9-7-8-12-26(20)38-2)19-22-15-21-16-27-28(40-14-13-39-27)17-24(21)31-30(22)37/h7-9,12,15-17,23,25H,3-6,10-11,13-14,18-19H2,1-2H3,(H,31,37)/t25-/m0/s1. The van der Waals surface area contributed by atoms with Gasteiger partial charge in [-0.25, -0.2) is 4.68 Å². The molecular formula is C30H36N6O4. The molecule has 210 valence electrons. The number of nitrogens with one attached hydrogen (secondary N) is 1. The molecule has 10 nitrogen and oxygen atoms in total. The monoisotopic (exact) mass is 544 g/mol. The van der Waals surface area contributed by atoms with E-state index in [1.807, 2.05) is 41.1 Å². The molecule has 1 aliphatic carbocycles. The topological polar surface area (TPSA) is 107 Å². The van der Waals surface area contributed by atoms with Gasteiger partial charge in [0.15, 0.2) is 17.3 Å². The van der Waals surface area contributed by atoms with E-state index in [0.717, 1.165) is 47.3 Å². The van der Waals surface area contributed by atoms with E-state index in [1.165, 1.54) is 19.3 Å². The molecule has 0 radical (unpaired) electrons. The van der Waals surface area contributed by atoms with E-state index in [9.17, 15) is 4.79 Å². The summed E-state index contributed by atoms with van der Waals surface area (Å²) in [5.41, 5.74) is 2.30. The maximum absolute atomic E-state index is 13.4. The average Bonchev–Trinajstić information content (AvgIpc) is 3.47. The molecule has 6 rings (SSSR count). The minimum Gasteiger partial charge on any atom is -0.496 e. The van der Waals surface area contributed by atoms with E-state index in [0.29, 0.717) is 49.4 Å². The van der Waals surface area contributed by atoms with Crippen LogP contribution >= 0.6 is 0 Å². The normalized spacial score (nSPS) is 16.4. The van der Waals surface area contributed by atoms with Crippen LogP contribution in [0.25, 0.3) is 10.9 Å². The molecular weight excluding hydrogens is 508 g/mol. The van der Waals surface area contributed by atoms with Gasteiger partial charge >= 0.3 is 0 Å². The van der Waals surface area contributed by atoms with Gasteiger partial charge in [0.1, 0.15) is 19.0 Å². The molecule has 1 atom stereocenters. The van der Waals surface area contributed by atoms with Crippen LogP contribution in [0.4, 0.5) is 0 Å². The third-order valence-corrected chi connectivity index (χ3v) is 8.09. The van der Waals surface area contributed by atoms with Gasteiger partial charge in [0.05, 0.1) is 24.7 Å². The second-order valence-electron chi connectivity index (χ2n) is 10.6. The zero-order valence-electron chi connectivity index (χ0n) is 23.1. The van der Waals surface area contributed by atoms with Crippen LogP contribution in [0.2, 0.25) is 0 Å². The summed E-state index contributed by atoms with van der Waals surface area (Å²) in [5.74, 6) is 3.01. The number of tetrazole rings is 1. The van der Waals surface area contributed by atoms with E-state index in [2.05, 4.69) is 38.4 Å². The van der Waals surface area contributed by atoms with Crippen LogP contribution in [0.15, 0.2) is 47.3 Å². The molecule has 2 aromatic heterocycles. The number of aromatic amines is 1. The van der Waals surface area contributed by atoms with Crippen molar-refractivity contribution in [2.24, 2.45) is 0 Å². The molecule has 0 bridgehead atoms. The molecule has 1 fully saturated rings. The predicted molar refractivity (Wildman–Crippen MR) is 151 cm³/mol. The number of rotatable bonds is 9. The van der Waals surface area contributed by atoms with Gasteiger partial charge < -0.3 is 19.2 Å². The number of H-pyrrole nitrogens is 1. The third kappa shape index (κ3) is 5.28. The molecule has 40 heavy (non-hydrogen) atoms. The van der Waals surface area contributed by atoms with Crippen molar-refractivity contribution in [3.63, 3.8) is 0 Å². The molecule has 2 aromatic carbocycles. The van der Waals surface area contributed by atoms with Gasteiger partial charge in [0, 0.05) is 35.7 Å². The largest absolute Gasteiger partial charge is 0.496 e. The number of benzene rings is 2. The predicted octanol–water partition coefficient (Wildman–Crippen LogP) is 4.95. The van der Waals surface area contributed by atoms with Gasteiger partial charge in [0.2, 0.25) is 0 Å². The molecule has 2 aliphatic rings. The summed E-state index contributed by atoms with van der Waals surface area (Å²) in [5, 5.41) is 14.0. The minimum atomic E-state index is -0.129. The van der Waals surface area contributed by atoms with E-state index in [-0.39, 0.29) is 11.6 Å². The second kappa shape index (κ2) is 11.7. The highest BCUT2D eigenvalue weighted by Gasteiger charge is 2.30. The van der Waals surface area contributed by atoms with Crippen molar-refractivity contribution in [3.8, 4) is 17.2 Å². The Morgan fingerprint density at radius 3 is 2.58 bits per heavy atom. The second-order valence-corrected chi connectivity index (χ2v) is 10.6. The number of nitrogens with zero attached hydrogens (tertiary/aromatic N) is 5. The Hall–Kier alpha value is -3.92. The van der Waals surface area contributed by atoms with Gasteiger partial charge in [-0.3, -0.25) is 9.69 Å². The van der Waals surface area contributed by atoms with Crippen LogP contribution in [0.3, 0.4) is 0 Å². The maximum Gasteiger partial charge on any atom is 0.252 e. The van der Waals surface area contributed by atoms with Gasteiger partial charge in [-0.1, -0.05) is 44.4 Å². The smallest absolute Gasteiger partial charge is 0.252 e. The van der Waals surface area contributed by atoms with Crippen LogP contribution in [0.1, 0.15) is 74.5 Å². The van der Waals surface area contributed by atoms with Crippen LogP contribution in [-0.2, 0) is 13.1 Å². The quantitative estimate of drug-likeness (QED) is 0.315. The van der Waals surface area contributed by atoms with Crippen molar-refractivity contribution in [1.29, 1.82) is 0 Å². The minimum absolute atomic E-state index is 0.0998. The lowest BCUT2D eigenvalue weighted by molar-refractivity contribution is 0.153. The first-order valence-electron chi connectivity index (χ1n) is 14.2. The highest BCUT2D eigenvalue weighted by atomic mass is 16.6. The van der Waals surface area contributed by atoms with Crippen LogP contribution < -0.4 is 19.8 Å². The van der Waals surface area contributed by atoms with E-state index < -0.39 is 0 Å². The molecule has 1 N–H and O–H groups in total. The first-order valence-corrected chi connectivity index (χ1v) is 14.2. The fourth-order valence-electron chi connectivity index (χ4n) is 6.06. The van der Waals surface area contributed by atoms with Crippen molar-refractivity contribution in [2.75, 3.05) is 20.3 Å². The number of hydrogen-bond acceptors (Lipinski definition) is 8. The maximum atomic E-state index is 13.4. The van der Waals surface area contributed by atoms with Gasteiger partial charge in [-0.2, -0.15) is 0 Å². The van der Waals surface area contributed by atoms with Crippen molar-refractivity contribution < 1.29 is 14.2 Å². The van der Waals surface area contributed by atoms with Gasteiger partial charge in [-0.15, -0.1) is 5.10 Å². The Labute approximate surface area is 233 Å². The number of hydrogen-bond donors (Lipinski definition) is 1. The van der Waals surface area contributed by atoms with Gasteiger partial charge in [-0.05, 0) is 47.9 Å². The molecule has 0 amide bonds. The zero-order chi connectivity index (χ0) is 27.5. The molecule has 0 saturated heterocycles. The van der Waals surface area contributed by atoms with Crippen molar-refractivity contribution in [2.45, 2.75) is 70.6 Å². The highest BCUT2D eigenvalue weighted by Crippen LogP contribution is 2.35. The number of aromatic nitrogens is 5. The molecule has 1 saturated carbocycles. The summed E-state index contributed by atoms with van der Waals surface area (Å²) in [6.45, 7) is 4.13. The fraction of sp³-hybridized carbons (Fsp3) is 0.467. The summed E-state index contributed by atoms with van der Waals surface area (Å²) >= 11 is 0. The number of pyridine rings is 1. The summed E-state index contributed by atoms with van der Waals surface area (Å²) in [4.78, 5) is 18.8. The lowest BCUT2D eigenvalue weighted by atomic mass is 9.95. The number of ether oxygens (including phenoxy) is 3. The number of methoxy groups -OCH3 is 1. The van der Waals surface area contributed by atoms with E-state index in [1.54, 1.807) is 7.11 Å². The molecule has 4 aromatic rings.